The second-order valence-electron chi connectivity index (χ2n) is 15.1. The molecule has 0 N–H and O–H groups in total. The van der Waals surface area contributed by atoms with Gasteiger partial charge in [-0.25, -0.2) is 0 Å². The molecule has 41 heavy (non-hydrogen) atoms. The monoisotopic (exact) mass is 762 g/mol. The van der Waals surface area contributed by atoms with Crippen LogP contribution in [0.2, 0.25) is 19.6 Å². The van der Waals surface area contributed by atoms with E-state index in [-0.39, 0.29) is 0 Å². The molecule has 0 bridgehead atoms. The van der Waals surface area contributed by atoms with Crippen LogP contribution in [-0.2, 0) is 15.3 Å². The van der Waals surface area contributed by atoms with E-state index < -0.39 is 8.32 Å². The van der Waals surface area contributed by atoms with Crippen molar-refractivity contribution < 1.29 is 15.3 Å². The van der Waals surface area contributed by atoms with E-state index >= 15 is 0 Å². The van der Waals surface area contributed by atoms with Crippen molar-refractivity contribution in [3.63, 3.8) is 0 Å². The zero-order chi connectivity index (χ0) is 31.3. The minimum atomic E-state index is -1.51. The first-order valence-corrected chi connectivity index (χ1v) is 25.1. The first-order chi connectivity index (χ1) is 19.2. The van der Waals surface area contributed by atoms with E-state index in [1.807, 2.05) is 0 Å². The van der Waals surface area contributed by atoms with E-state index in [1.54, 1.807) is 0 Å². The summed E-state index contributed by atoms with van der Waals surface area (Å²) in [7, 11) is -0.258. The van der Waals surface area contributed by atoms with E-state index in [4.69, 9.17) is 14.4 Å². The predicted molar refractivity (Wildman–Crippen MR) is 190 cm³/mol. The molecule has 2 fully saturated rings. The second-order valence-corrected chi connectivity index (χ2v) is 24.6. The van der Waals surface area contributed by atoms with Crippen LogP contribution in [0.15, 0.2) is 9.98 Å². The van der Waals surface area contributed by atoms with Crippen LogP contribution in [0.1, 0.15) is 120 Å². The van der Waals surface area contributed by atoms with Crippen molar-refractivity contribution >= 4 is 48.2 Å². The van der Waals surface area contributed by atoms with E-state index in [1.165, 1.54) is 60.8 Å². The molecule has 0 radical (unpaired) electrons. The Morgan fingerprint density at radius 3 is 1.34 bits per heavy atom. The Hall–Kier alpha value is 0.970. The second kappa shape index (κ2) is 20.2. The fraction of sp³-hybridized carbons (Fsp3) is 0.941. The third-order valence-electron chi connectivity index (χ3n) is 9.70. The summed E-state index contributed by atoms with van der Waals surface area (Å²) in [5.41, 5.74) is 2.64. The molecule has 0 spiro atoms. The van der Waals surface area contributed by atoms with Crippen LogP contribution < -0.4 is 0 Å². The number of rotatable bonds is 13. The molecular weight excluding hydrogens is 699 g/mol. The van der Waals surface area contributed by atoms with Crippen molar-refractivity contribution in [1.29, 1.82) is 0 Å². The minimum absolute atomic E-state index is 0.432. The summed E-state index contributed by atoms with van der Waals surface area (Å²) in [5.74, 6) is 5.47. The Labute approximate surface area is 277 Å². The number of halogens is 2. The van der Waals surface area contributed by atoms with Gasteiger partial charge in [0.25, 0.3) is 0 Å². The fourth-order valence-electron chi connectivity index (χ4n) is 7.42. The summed E-state index contributed by atoms with van der Waals surface area (Å²) in [5, 5.41) is 0. The van der Waals surface area contributed by atoms with Gasteiger partial charge >= 0.3 is 39.3 Å². The standard InChI is InChI=1S/C34H66N2OSi.2BrH.Ni/c1-13-31(35-33-27(23(2)3)17-14-18-28(33)24(4)5)32(21-16-22-37-38(10,11)12)36-34-29(25(6)7)19-15-20-30(34)26(8)9;;;/h23-30,33-34H,13-22H2,1-12H3;2*1H;/q;;;+2/p-2. The van der Waals surface area contributed by atoms with Gasteiger partial charge in [0.2, 0.25) is 0 Å². The Bertz CT molecular complexity index is 749. The summed E-state index contributed by atoms with van der Waals surface area (Å²) in [6, 6.07) is 0.872. The van der Waals surface area contributed by atoms with Gasteiger partial charge in [-0.15, -0.1) is 0 Å². The SMILES string of the molecule is CCC(=NC1C(C(C)C)CCCC1C(C)C)C(CCCO[Si](C)(C)C)=NC1C(C(C)C)CCCC1C(C)C.[Br][Ni][Br]. The summed E-state index contributed by atoms with van der Waals surface area (Å²) in [6.07, 6.45) is 11.1. The first kappa shape index (κ1) is 40.0. The van der Waals surface area contributed by atoms with Crippen LogP contribution >= 0.6 is 28.5 Å². The Balaban J connectivity index is 0.00000268. The average Bonchev–Trinajstić information content (AvgIpc) is 2.88. The van der Waals surface area contributed by atoms with Gasteiger partial charge in [0, 0.05) is 6.61 Å². The molecule has 4 unspecified atom stereocenters. The van der Waals surface area contributed by atoms with E-state index in [0.29, 0.717) is 59.4 Å². The van der Waals surface area contributed by atoms with Crippen LogP contribution in [0.4, 0.5) is 0 Å². The zero-order valence-electron chi connectivity index (χ0n) is 28.7. The van der Waals surface area contributed by atoms with E-state index in [0.717, 1.165) is 25.9 Å². The van der Waals surface area contributed by atoms with Gasteiger partial charge < -0.3 is 4.43 Å². The molecule has 0 aromatic carbocycles. The molecule has 0 aromatic heterocycles. The van der Waals surface area contributed by atoms with E-state index in [9.17, 15) is 0 Å². The topological polar surface area (TPSA) is 34.0 Å². The Morgan fingerprint density at radius 2 is 1.05 bits per heavy atom. The maximum atomic E-state index is 6.29. The molecule has 0 amide bonds. The molecule has 7 heteroatoms. The van der Waals surface area contributed by atoms with Crippen molar-refractivity contribution in [2.24, 2.45) is 57.3 Å². The van der Waals surface area contributed by atoms with Gasteiger partial charge in [0.05, 0.1) is 23.5 Å². The molecule has 3 nitrogen and oxygen atoms in total. The molecular formula is C34H66Br2N2NiOSi. The molecule has 4 atom stereocenters. The van der Waals surface area contributed by atoms with Crippen molar-refractivity contribution in [3.8, 4) is 0 Å². The normalized spacial score (nSPS) is 28.5. The van der Waals surface area contributed by atoms with Gasteiger partial charge in [-0.3, -0.25) is 9.98 Å². The van der Waals surface area contributed by atoms with Gasteiger partial charge in [-0.05, 0) is 112 Å². The fourth-order valence-corrected chi connectivity index (χ4v) is 8.18. The molecule has 0 saturated heterocycles. The van der Waals surface area contributed by atoms with Gasteiger partial charge in [0.1, 0.15) is 0 Å². The predicted octanol–water partition coefficient (Wildman–Crippen LogP) is 11.8. The zero-order valence-corrected chi connectivity index (χ0v) is 33.9. The number of hydrogen-bond acceptors (Lipinski definition) is 3. The quantitative estimate of drug-likeness (QED) is 0.104. The molecule has 2 saturated carbocycles. The Morgan fingerprint density at radius 1 is 0.707 bits per heavy atom. The maximum absolute atomic E-state index is 6.29. The summed E-state index contributed by atoms with van der Waals surface area (Å²) < 4.78 is 6.29. The van der Waals surface area contributed by atoms with Crippen LogP contribution in [0.3, 0.4) is 0 Å². The van der Waals surface area contributed by atoms with Crippen molar-refractivity contribution in [1.82, 2.24) is 0 Å². The number of nitrogens with zero attached hydrogens (tertiary/aromatic N) is 2. The number of hydrogen-bond donors (Lipinski definition) is 0. The van der Waals surface area contributed by atoms with Crippen molar-refractivity contribution in [3.05, 3.63) is 0 Å². The third-order valence-corrected chi connectivity index (χ3v) is 10.8. The molecule has 0 aromatic rings. The van der Waals surface area contributed by atoms with E-state index in [2.05, 4.69) is 110 Å². The molecule has 2 rings (SSSR count). The summed E-state index contributed by atoms with van der Waals surface area (Å²) in [4.78, 5) is 11.5. The average molecular weight is 766 g/mol. The molecule has 0 heterocycles. The third kappa shape index (κ3) is 13.9. The molecule has 2 aliphatic rings. The van der Waals surface area contributed by atoms with Crippen LogP contribution in [0.25, 0.3) is 0 Å². The molecule has 246 valence electrons. The molecule has 2 aliphatic carbocycles. The van der Waals surface area contributed by atoms with Gasteiger partial charge in [-0.2, -0.15) is 0 Å². The summed E-state index contributed by atoms with van der Waals surface area (Å²) in [6.45, 7) is 29.5. The summed E-state index contributed by atoms with van der Waals surface area (Å²) >= 11 is 6.00. The first-order valence-electron chi connectivity index (χ1n) is 16.8. The Kier molecular flexibility index (Phi) is 19.7. The van der Waals surface area contributed by atoms with Gasteiger partial charge in [-0.1, -0.05) is 75.2 Å². The van der Waals surface area contributed by atoms with Gasteiger partial charge in [0.15, 0.2) is 8.32 Å². The van der Waals surface area contributed by atoms with Crippen LogP contribution in [0, 0.1) is 47.3 Å². The van der Waals surface area contributed by atoms with Crippen LogP contribution in [-0.4, -0.2) is 38.4 Å². The van der Waals surface area contributed by atoms with Crippen LogP contribution in [0.5, 0.6) is 0 Å². The number of aliphatic imine (C=N–C) groups is 2. The van der Waals surface area contributed by atoms with Crippen molar-refractivity contribution in [2.75, 3.05) is 6.61 Å². The van der Waals surface area contributed by atoms with Crippen molar-refractivity contribution in [2.45, 2.75) is 152 Å². The molecule has 0 aliphatic heterocycles.